The van der Waals surface area contributed by atoms with Crippen LogP contribution in [0.15, 0.2) is 48.5 Å². The lowest BCUT2D eigenvalue weighted by atomic mass is 9.97. The number of rotatable bonds is 4. The molecule has 1 nitrogen and oxygen atoms in total. The molecule has 0 heterocycles. The van der Waals surface area contributed by atoms with Gasteiger partial charge >= 0.3 is 0 Å². The number of hydrogen-bond acceptors (Lipinski definition) is 1. The Morgan fingerprint density at radius 2 is 1.63 bits per heavy atom. The molecule has 0 atom stereocenters. The van der Waals surface area contributed by atoms with Crippen LogP contribution in [0.2, 0.25) is 0 Å². The van der Waals surface area contributed by atoms with Gasteiger partial charge in [0, 0.05) is 5.56 Å². The van der Waals surface area contributed by atoms with E-state index in [1.54, 1.807) is 6.92 Å². The molecule has 0 N–H and O–H groups in total. The fourth-order valence-electron chi connectivity index (χ4n) is 2.27. The Morgan fingerprint density at radius 1 is 1.00 bits per heavy atom. The summed E-state index contributed by atoms with van der Waals surface area (Å²) in [4.78, 5) is 11.4. The molecule has 2 aromatic carbocycles. The summed E-state index contributed by atoms with van der Waals surface area (Å²) in [6, 6.07) is 16.4. The zero-order valence-corrected chi connectivity index (χ0v) is 11.8. The first kappa shape index (κ1) is 13.5. The van der Waals surface area contributed by atoms with Crippen LogP contribution in [-0.2, 0) is 6.42 Å². The van der Waals surface area contributed by atoms with Gasteiger partial charge in [-0.3, -0.25) is 4.79 Å². The van der Waals surface area contributed by atoms with Crippen molar-refractivity contribution in [2.24, 2.45) is 5.92 Å². The first-order chi connectivity index (χ1) is 9.06. The molecule has 0 saturated carbocycles. The van der Waals surface area contributed by atoms with Crippen LogP contribution in [0.1, 0.15) is 36.7 Å². The van der Waals surface area contributed by atoms with Crippen LogP contribution in [0.5, 0.6) is 0 Å². The van der Waals surface area contributed by atoms with E-state index in [4.69, 9.17) is 0 Å². The lowest BCUT2D eigenvalue weighted by Gasteiger charge is -2.08. The Balaban J connectivity index is 2.36. The number of ketones is 1. The topological polar surface area (TPSA) is 17.1 Å². The van der Waals surface area contributed by atoms with Gasteiger partial charge in [-0.05, 0) is 42.0 Å². The number of hydrogen-bond donors (Lipinski definition) is 0. The predicted molar refractivity (Wildman–Crippen MR) is 80.4 cm³/mol. The van der Waals surface area contributed by atoms with Crippen LogP contribution < -0.4 is 0 Å². The predicted octanol–water partition coefficient (Wildman–Crippen LogP) is 4.75. The van der Waals surface area contributed by atoms with Gasteiger partial charge in [0.2, 0.25) is 0 Å². The Bertz CT molecular complexity index is 582. The molecule has 1 heteroatoms. The number of carbonyl (C=O) groups is 1. The highest BCUT2D eigenvalue weighted by Crippen LogP contribution is 2.23. The first-order valence-electron chi connectivity index (χ1n) is 6.76. The van der Waals surface area contributed by atoms with Gasteiger partial charge in [0.15, 0.2) is 5.78 Å². The van der Waals surface area contributed by atoms with Gasteiger partial charge in [-0.2, -0.15) is 0 Å². The summed E-state index contributed by atoms with van der Waals surface area (Å²) in [7, 11) is 0. The minimum Gasteiger partial charge on any atom is -0.295 e. The highest BCUT2D eigenvalue weighted by atomic mass is 16.1. The van der Waals surface area contributed by atoms with Crippen LogP contribution in [0.4, 0.5) is 0 Å². The van der Waals surface area contributed by atoms with Crippen molar-refractivity contribution >= 4 is 5.78 Å². The maximum atomic E-state index is 11.4. The second kappa shape index (κ2) is 5.83. The van der Waals surface area contributed by atoms with E-state index in [2.05, 4.69) is 44.2 Å². The monoisotopic (exact) mass is 252 g/mol. The summed E-state index contributed by atoms with van der Waals surface area (Å²) in [5.74, 6) is 0.763. The summed E-state index contributed by atoms with van der Waals surface area (Å²) in [6.07, 6.45) is 1.08. The highest BCUT2D eigenvalue weighted by molar-refractivity contribution is 5.95. The van der Waals surface area contributed by atoms with Crippen molar-refractivity contribution < 1.29 is 4.79 Å². The van der Waals surface area contributed by atoms with Gasteiger partial charge in [-0.25, -0.2) is 0 Å². The average molecular weight is 252 g/mol. The van der Waals surface area contributed by atoms with Gasteiger partial charge in [-0.1, -0.05) is 56.3 Å². The third-order valence-electron chi connectivity index (χ3n) is 3.17. The van der Waals surface area contributed by atoms with E-state index in [-0.39, 0.29) is 5.78 Å². The zero-order chi connectivity index (χ0) is 13.8. The Morgan fingerprint density at radius 3 is 2.26 bits per heavy atom. The third-order valence-corrected chi connectivity index (χ3v) is 3.17. The van der Waals surface area contributed by atoms with Crippen molar-refractivity contribution in [2.45, 2.75) is 27.2 Å². The standard InChI is InChI=1S/C18H20O/c1-13(2)10-15-6-4-8-17(11-15)18-9-5-7-16(12-18)14(3)19/h4-9,11-13H,10H2,1-3H3. The van der Waals surface area contributed by atoms with Crippen molar-refractivity contribution in [3.8, 4) is 11.1 Å². The number of benzene rings is 2. The summed E-state index contributed by atoms with van der Waals surface area (Å²) < 4.78 is 0. The van der Waals surface area contributed by atoms with Crippen LogP contribution in [0.25, 0.3) is 11.1 Å². The minimum absolute atomic E-state index is 0.111. The molecule has 98 valence electrons. The zero-order valence-electron chi connectivity index (χ0n) is 11.8. The van der Waals surface area contributed by atoms with E-state index in [0.717, 1.165) is 17.5 Å². The van der Waals surface area contributed by atoms with Crippen molar-refractivity contribution in [3.63, 3.8) is 0 Å². The van der Waals surface area contributed by atoms with E-state index >= 15 is 0 Å². The molecule has 0 unspecified atom stereocenters. The Labute approximate surface area is 115 Å². The molecule has 0 aliphatic heterocycles. The fraction of sp³-hybridized carbons (Fsp3) is 0.278. The normalized spacial score (nSPS) is 10.7. The Hall–Kier alpha value is -1.89. The summed E-state index contributed by atoms with van der Waals surface area (Å²) >= 11 is 0. The number of Topliss-reactive ketones (excluding diaryl/α,β-unsaturated/α-hetero) is 1. The Kier molecular flexibility index (Phi) is 4.16. The minimum atomic E-state index is 0.111. The third kappa shape index (κ3) is 3.54. The molecule has 0 bridgehead atoms. The van der Waals surface area contributed by atoms with Gasteiger partial charge in [0.25, 0.3) is 0 Å². The molecule has 0 aromatic heterocycles. The van der Waals surface area contributed by atoms with Crippen LogP contribution >= 0.6 is 0 Å². The summed E-state index contributed by atoms with van der Waals surface area (Å²) in [5, 5.41) is 0. The van der Waals surface area contributed by atoms with E-state index < -0.39 is 0 Å². The molecular weight excluding hydrogens is 232 g/mol. The van der Waals surface area contributed by atoms with E-state index in [1.165, 1.54) is 11.1 Å². The molecule has 2 rings (SSSR count). The molecule has 0 spiro atoms. The molecule has 2 aromatic rings. The average Bonchev–Trinajstić information content (AvgIpc) is 2.38. The van der Waals surface area contributed by atoms with Crippen molar-refractivity contribution in [1.82, 2.24) is 0 Å². The molecule has 0 aliphatic carbocycles. The fourth-order valence-corrected chi connectivity index (χ4v) is 2.27. The largest absolute Gasteiger partial charge is 0.295 e. The molecule has 0 saturated heterocycles. The maximum absolute atomic E-state index is 11.4. The highest BCUT2D eigenvalue weighted by Gasteiger charge is 2.04. The second-order valence-electron chi connectivity index (χ2n) is 5.44. The van der Waals surface area contributed by atoms with Crippen molar-refractivity contribution in [3.05, 3.63) is 59.7 Å². The van der Waals surface area contributed by atoms with Crippen molar-refractivity contribution in [2.75, 3.05) is 0 Å². The van der Waals surface area contributed by atoms with E-state index in [0.29, 0.717) is 5.92 Å². The van der Waals surface area contributed by atoms with Crippen LogP contribution in [-0.4, -0.2) is 5.78 Å². The molecule has 0 fully saturated rings. The summed E-state index contributed by atoms with van der Waals surface area (Å²) in [5.41, 5.74) is 4.41. The lowest BCUT2D eigenvalue weighted by Crippen LogP contribution is -1.95. The van der Waals surface area contributed by atoms with E-state index in [9.17, 15) is 4.79 Å². The molecule has 0 radical (unpaired) electrons. The van der Waals surface area contributed by atoms with Gasteiger partial charge in [0.1, 0.15) is 0 Å². The van der Waals surface area contributed by atoms with Crippen LogP contribution in [0.3, 0.4) is 0 Å². The summed E-state index contributed by atoms with van der Waals surface area (Å²) in [6.45, 7) is 6.06. The maximum Gasteiger partial charge on any atom is 0.159 e. The smallest absolute Gasteiger partial charge is 0.159 e. The van der Waals surface area contributed by atoms with Gasteiger partial charge in [-0.15, -0.1) is 0 Å². The van der Waals surface area contributed by atoms with Gasteiger partial charge in [0.05, 0.1) is 0 Å². The second-order valence-corrected chi connectivity index (χ2v) is 5.44. The SMILES string of the molecule is CC(=O)c1cccc(-c2cccc(CC(C)C)c2)c1. The molecule has 0 amide bonds. The lowest BCUT2D eigenvalue weighted by molar-refractivity contribution is 0.101. The van der Waals surface area contributed by atoms with Crippen LogP contribution in [0, 0.1) is 5.92 Å². The molecule has 0 aliphatic rings. The molecule has 19 heavy (non-hydrogen) atoms. The van der Waals surface area contributed by atoms with Crippen molar-refractivity contribution in [1.29, 1.82) is 0 Å². The van der Waals surface area contributed by atoms with Gasteiger partial charge < -0.3 is 0 Å². The quantitative estimate of drug-likeness (QED) is 0.717. The molecular formula is C18H20O. The van der Waals surface area contributed by atoms with E-state index in [1.807, 2.05) is 18.2 Å². The number of carbonyl (C=O) groups excluding carboxylic acids is 1. The first-order valence-corrected chi connectivity index (χ1v) is 6.76.